The second-order valence-corrected chi connectivity index (χ2v) is 6.49. The molecule has 152 valence electrons. The van der Waals surface area contributed by atoms with Gasteiger partial charge in [0.15, 0.2) is 11.5 Å². The molecule has 6 heteroatoms. The molecular formula is C23H26N2O4. The first-order valence-corrected chi connectivity index (χ1v) is 9.63. The number of rotatable bonds is 8. The summed E-state index contributed by atoms with van der Waals surface area (Å²) in [4.78, 5) is 19.4. The number of nitrogens with zero attached hydrogens (tertiary/aromatic N) is 2. The Morgan fingerprint density at radius 3 is 2.48 bits per heavy atom. The lowest BCUT2D eigenvalue weighted by Gasteiger charge is -2.21. The fourth-order valence-electron chi connectivity index (χ4n) is 3.14. The van der Waals surface area contributed by atoms with Crippen molar-refractivity contribution in [3.05, 3.63) is 59.8 Å². The van der Waals surface area contributed by atoms with Gasteiger partial charge in [-0.15, -0.1) is 0 Å². The summed E-state index contributed by atoms with van der Waals surface area (Å²) in [6.45, 7) is 5.47. The van der Waals surface area contributed by atoms with E-state index in [0.717, 1.165) is 22.2 Å². The minimum absolute atomic E-state index is 0.113. The molecular weight excluding hydrogens is 368 g/mol. The number of amides is 1. The summed E-state index contributed by atoms with van der Waals surface area (Å²) in [6.07, 6.45) is 0. The number of pyridine rings is 1. The summed E-state index contributed by atoms with van der Waals surface area (Å²) in [5, 5.41) is 0.931. The van der Waals surface area contributed by atoms with Gasteiger partial charge in [0, 0.05) is 18.5 Å². The van der Waals surface area contributed by atoms with Crippen LogP contribution in [-0.2, 0) is 6.54 Å². The van der Waals surface area contributed by atoms with E-state index in [-0.39, 0.29) is 5.91 Å². The third kappa shape index (κ3) is 4.59. The van der Waals surface area contributed by atoms with E-state index in [1.165, 1.54) is 0 Å². The molecule has 29 heavy (non-hydrogen) atoms. The van der Waals surface area contributed by atoms with Crippen molar-refractivity contribution in [2.24, 2.45) is 0 Å². The lowest BCUT2D eigenvalue weighted by molar-refractivity contribution is 0.0747. The van der Waals surface area contributed by atoms with Gasteiger partial charge in [-0.2, -0.15) is 0 Å². The van der Waals surface area contributed by atoms with E-state index < -0.39 is 0 Å². The Balaban J connectivity index is 1.82. The van der Waals surface area contributed by atoms with Crippen LogP contribution in [0, 0.1) is 0 Å². The Morgan fingerprint density at radius 1 is 0.966 bits per heavy atom. The average Bonchev–Trinajstić information content (AvgIpc) is 2.77. The molecule has 0 radical (unpaired) electrons. The SMILES string of the molecule is CCOc1ccc(CN(CC)C(=O)c2ccc3cc(OC)ccc3n2)cc1OC. The van der Waals surface area contributed by atoms with E-state index in [4.69, 9.17) is 14.2 Å². The second kappa shape index (κ2) is 9.28. The average molecular weight is 394 g/mol. The fraction of sp³-hybridized carbons (Fsp3) is 0.304. The molecule has 0 aliphatic rings. The number of carbonyl (C=O) groups excluding carboxylic acids is 1. The number of ether oxygens (including phenoxy) is 3. The van der Waals surface area contributed by atoms with Crippen molar-refractivity contribution in [2.45, 2.75) is 20.4 Å². The van der Waals surface area contributed by atoms with Crippen molar-refractivity contribution in [2.75, 3.05) is 27.4 Å². The number of hydrogen-bond donors (Lipinski definition) is 0. The van der Waals surface area contributed by atoms with E-state index in [2.05, 4.69) is 4.98 Å². The predicted molar refractivity (Wildman–Crippen MR) is 113 cm³/mol. The van der Waals surface area contributed by atoms with Crippen LogP contribution < -0.4 is 14.2 Å². The van der Waals surface area contributed by atoms with Gasteiger partial charge in [0.25, 0.3) is 5.91 Å². The number of hydrogen-bond acceptors (Lipinski definition) is 5. The van der Waals surface area contributed by atoms with E-state index in [1.54, 1.807) is 25.2 Å². The lowest BCUT2D eigenvalue weighted by atomic mass is 10.1. The molecule has 0 N–H and O–H groups in total. The van der Waals surface area contributed by atoms with Gasteiger partial charge < -0.3 is 19.1 Å². The summed E-state index contributed by atoms with van der Waals surface area (Å²) >= 11 is 0. The molecule has 0 saturated carbocycles. The summed E-state index contributed by atoms with van der Waals surface area (Å²) in [5.41, 5.74) is 2.14. The summed E-state index contributed by atoms with van der Waals surface area (Å²) in [5.74, 6) is 2.00. The van der Waals surface area contributed by atoms with Crippen molar-refractivity contribution in [3.63, 3.8) is 0 Å². The molecule has 2 aromatic carbocycles. The van der Waals surface area contributed by atoms with Crippen molar-refractivity contribution in [1.82, 2.24) is 9.88 Å². The molecule has 0 aliphatic carbocycles. The van der Waals surface area contributed by atoms with Gasteiger partial charge in [-0.3, -0.25) is 4.79 Å². The van der Waals surface area contributed by atoms with E-state index in [0.29, 0.717) is 36.9 Å². The molecule has 3 rings (SSSR count). The quantitative estimate of drug-likeness (QED) is 0.570. The number of methoxy groups -OCH3 is 2. The van der Waals surface area contributed by atoms with Gasteiger partial charge >= 0.3 is 0 Å². The van der Waals surface area contributed by atoms with Crippen molar-refractivity contribution < 1.29 is 19.0 Å². The van der Waals surface area contributed by atoms with Crippen LogP contribution in [0.15, 0.2) is 48.5 Å². The zero-order chi connectivity index (χ0) is 20.8. The first-order chi connectivity index (χ1) is 14.1. The minimum Gasteiger partial charge on any atom is -0.497 e. The van der Waals surface area contributed by atoms with Gasteiger partial charge in [-0.25, -0.2) is 4.98 Å². The molecule has 0 spiro atoms. The molecule has 0 bridgehead atoms. The molecule has 1 aromatic heterocycles. The van der Waals surface area contributed by atoms with Crippen LogP contribution in [0.1, 0.15) is 29.9 Å². The summed E-state index contributed by atoms with van der Waals surface area (Å²) in [7, 11) is 3.24. The zero-order valence-corrected chi connectivity index (χ0v) is 17.3. The van der Waals surface area contributed by atoms with Crippen LogP contribution in [0.4, 0.5) is 0 Å². The normalized spacial score (nSPS) is 10.6. The number of aromatic nitrogens is 1. The highest BCUT2D eigenvalue weighted by Crippen LogP contribution is 2.29. The molecule has 3 aromatic rings. The third-order valence-corrected chi connectivity index (χ3v) is 4.69. The van der Waals surface area contributed by atoms with Gasteiger partial charge in [0.2, 0.25) is 0 Å². The van der Waals surface area contributed by atoms with E-state index >= 15 is 0 Å². The van der Waals surface area contributed by atoms with Crippen LogP contribution in [0.3, 0.4) is 0 Å². The molecule has 0 saturated heterocycles. The highest BCUT2D eigenvalue weighted by atomic mass is 16.5. The smallest absolute Gasteiger partial charge is 0.272 e. The number of benzene rings is 2. The Hall–Kier alpha value is -3.28. The van der Waals surface area contributed by atoms with Gasteiger partial charge in [-0.05, 0) is 55.8 Å². The molecule has 0 atom stereocenters. The van der Waals surface area contributed by atoms with Gasteiger partial charge in [0.1, 0.15) is 11.4 Å². The van der Waals surface area contributed by atoms with Crippen molar-refractivity contribution in [3.8, 4) is 17.2 Å². The molecule has 1 heterocycles. The molecule has 0 fully saturated rings. The van der Waals surface area contributed by atoms with Crippen molar-refractivity contribution >= 4 is 16.8 Å². The topological polar surface area (TPSA) is 60.9 Å². The molecule has 1 amide bonds. The van der Waals surface area contributed by atoms with Gasteiger partial charge in [-0.1, -0.05) is 12.1 Å². The highest BCUT2D eigenvalue weighted by molar-refractivity contribution is 5.95. The standard InChI is InChI=1S/C23H26N2O4/c1-5-25(15-16-7-12-21(29-6-2)22(13-16)28-4)23(26)20-10-8-17-14-18(27-3)9-11-19(17)24-20/h7-14H,5-6,15H2,1-4H3. The van der Waals surface area contributed by atoms with Crippen LogP contribution in [-0.4, -0.2) is 43.2 Å². The Bertz CT molecular complexity index is 1000. The maximum atomic E-state index is 13.1. The third-order valence-electron chi connectivity index (χ3n) is 4.69. The van der Waals surface area contributed by atoms with E-state index in [9.17, 15) is 4.79 Å². The Morgan fingerprint density at radius 2 is 1.79 bits per heavy atom. The number of carbonyl (C=O) groups is 1. The maximum absolute atomic E-state index is 13.1. The highest BCUT2D eigenvalue weighted by Gasteiger charge is 2.17. The first kappa shape index (κ1) is 20.5. The summed E-state index contributed by atoms with van der Waals surface area (Å²) in [6, 6.07) is 15.0. The minimum atomic E-state index is -0.113. The van der Waals surface area contributed by atoms with Crippen LogP contribution in [0.25, 0.3) is 10.9 Å². The van der Waals surface area contributed by atoms with Crippen molar-refractivity contribution in [1.29, 1.82) is 0 Å². The number of fused-ring (bicyclic) bond motifs is 1. The maximum Gasteiger partial charge on any atom is 0.272 e. The lowest BCUT2D eigenvalue weighted by Crippen LogP contribution is -2.31. The molecule has 6 nitrogen and oxygen atoms in total. The predicted octanol–water partition coefficient (Wildman–Crippen LogP) is 4.31. The largest absolute Gasteiger partial charge is 0.497 e. The zero-order valence-electron chi connectivity index (χ0n) is 17.3. The first-order valence-electron chi connectivity index (χ1n) is 9.63. The second-order valence-electron chi connectivity index (χ2n) is 6.49. The summed E-state index contributed by atoms with van der Waals surface area (Å²) < 4.78 is 16.2. The Kier molecular flexibility index (Phi) is 6.54. The monoisotopic (exact) mass is 394 g/mol. The van der Waals surface area contributed by atoms with Gasteiger partial charge in [0.05, 0.1) is 26.3 Å². The van der Waals surface area contributed by atoms with Crippen LogP contribution in [0.5, 0.6) is 17.2 Å². The van der Waals surface area contributed by atoms with Crippen LogP contribution >= 0.6 is 0 Å². The molecule has 0 unspecified atom stereocenters. The Labute approximate surface area is 171 Å². The van der Waals surface area contributed by atoms with E-state index in [1.807, 2.05) is 56.3 Å². The van der Waals surface area contributed by atoms with Crippen LogP contribution in [0.2, 0.25) is 0 Å². The molecule has 0 aliphatic heterocycles. The fourth-order valence-corrected chi connectivity index (χ4v) is 3.14.